The number of nitrogens with zero attached hydrogens (tertiary/aromatic N) is 5. The highest BCUT2D eigenvalue weighted by molar-refractivity contribution is 5.72. The van der Waals surface area contributed by atoms with Gasteiger partial charge in [0.25, 0.3) is 0 Å². The van der Waals surface area contributed by atoms with Crippen LogP contribution in [-0.2, 0) is 17.9 Å². The number of piperidine rings is 1. The van der Waals surface area contributed by atoms with Crippen LogP contribution in [0.5, 0.6) is 0 Å². The molecular formula is C22H26N6O. The number of imidazole rings is 1. The molecule has 0 aromatic carbocycles. The van der Waals surface area contributed by atoms with Crippen LogP contribution in [0.4, 0.5) is 5.82 Å². The van der Waals surface area contributed by atoms with Crippen molar-refractivity contribution in [2.24, 2.45) is 0 Å². The lowest BCUT2D eigenvalue weighted by Crippen LogP contribution is -2.34. The Morgan fingerprint density at radius 3 is 2.66 bits per heavy atom. The fourth-order valence-electron chi connectivity index (χ4n) is 3.80. The van der Waals surface area contributed by atoms with Crippen LogP contribution in [0.2, 0.25) is 0 Å². The SMILES string of the molecule is CC(=O)NCc1ccc(N2CCC(c3nccn3Cc3cccnc3)CC2)nc1. The summed E-state index contributed by atoms with van der Waals surface area (Å²) in [4.78, 5) is 26.8. The van der Waals surface area contributed by atoms with Crippen molar-refractivity contribution in [3.8, 4) is 0 Å². The van der Waals surface area contributed by atoms with E-state index in [2.05, 4.69) is 42.0 Å². The summed E-state index contributed by atoms with van der Waals surface area (Å²) in [5.41, 5.74) is 2.20. The molecule has 0 saturated carbocycles. The molecule has 7 nitrogen and oxygen atoms in total. The third-order valence-electron chi connectivity index (χ3n) is 5.36. The van der Waals surface area contributed by atoms with E-state index in [1.165, 1.54) is 12.5 Å². The van der Waals surface area contributed by atoms with E-state index < -0.39 is 0 Å². The number of anilines is 1. The molecule has 0 bridgehead atoms. The minimum absolute atomic E-state index is 0.0296. The lowest BCUT2D eigenvalue weighted by Gasteiger charge is -2.32. The molecule has 4 heterocycles. The molecule has 1 amide bonds. The van der Waals surface area contributed by atoms with Gasteiger partial charge < -0.3 is 14.8 Å². The molecular weight excluding hydrogens is 364 g/mol. The first-order valence-electron chi connectivity index (χ1n) is 10.0. The zero-order valence-electron chi connectivity index (χ0n) is 16.7. The van der Waals surface area contributed by atoms with E-state index in [0.717, 1.165) is 49.7 Å². The first kappa shape index (κ1) is 19.1. The molecule has 3 aromatic heterocycles. The standard InChI is InChI=1S/C22H26N6O/c1-17(29)25-14-18-4-5-21(26-15-18)27-10-6-20(7-11-27)22-24-9-12-28(22)16-19-3-2-8-23-13-19/h2-5,8-9,12-13,15,20H,6-7,10-11,14,16H2,1H3,(H,25,29). The molecule has 0 radical (unpaired) electrons. The Balaban J connectivity index is 1.35. The van der Waals surface area contributed by atoms with Gasteiger partial charge in [0, 0.05) is 63.5 Å². The van der Waals surface area contributed by atoms with E-state index in [0.29, 0.717) is 12.5 Å². The van der Waals surface area contributed by atoms with Gasteiger partial charge in [0.1, 0.15) is 11.6 Å². The normalized spacial score (nSPS) is 14.7. The molecule has 1 aliphatic heterocycles. The van der Waals surface area contributed by atoms with Crippen molar-refractivity contribution in [1.82, 2.24) is 24.8 Å². The topological polar surface area (TPSA) is 75.9 Å². The fourth-order valence-corrected chi connectivity index (χ4v) is 3.80. The summed E-state index contributed by atoms with van der Waals surface area (Å²) in [6.45, 7) is 4.77. The van der Waals surface area contributed by atoms with E-state index in [1.807, 2.05) is 36.8 Å². The van der Waals surface area contributed by atoms with E-state index in [9.17, 15) is 4.79 Å². The summed E-state index contributed by atoms with van der Waals surface area (Å²) in [6, 6.07) is 8.14. The number of hydrogen-bond acceptors (Lipinski definition) is 5. The summed E-state index contributed by atoms with van der Waals surface area (Å²) in [6.07, 6.45) is 11.6. The molecule has 1 N–H and O–H groups in total. The van der Waals surface area contributed by atoms with E-state index in [-0.39, 0.29) is 5.91 Å². The van der Waals surface area contributed by atoms with Gasteiger partial charge in [0.2, 0.25) is 5.91 Å². The maximum Gasteiger partial charge on any atom is 0.217 e. The van der Waals surface area contributed by atoms with Crippen molar-refractivity contribution in [1.29, 1.82) is 0 Å². The number of rotatable bonds is 6. The minimum atomic E-state index is -0.0296. The third kappa shape index (κ3) is 4.80. The van der Waals surface area contributed by atoms with Gasteiger partial charge in [-0.3, -0.25) is 9.78 Å². The molecule has 1 aliphatic rings. The highest BCUT2D eigenvalue weighted by atomic mass is 16.1. The van der Waals surface area contributed by atoms with Gasteiger partial charge in [-0.05, 0) is 36.1 Å². The summed E-state index contributed by atoms with van der Waals surface area (Å²) >= 11 is 0. The van der Waals surface area contributed by atoms with E-state index in [4.69, 9.17) is 0 Å². The number of nitrogens with one attached hydrogen (secondary N) is 1. The second-order valence-electron chi connectivity index (χ2n) is 7.47. The number of pyridine rings is 2. The smallest absolute Gasteiger partial charge is 0.217 e. The Morgan fingerprint density at radius 2 is 1.97 bits per heavy atom. The molecule has 4 rings (SSSR count). The van der Waals surface area contributed by atoms with Gasteiger partial charge in [-0.25, -0.2) is 9.97 Å². The minimum Gasteiger partial charge on any atom is -0.357 e. The quantitative estimate of drug-likeness (QED) is 0.700. The molecule has 0 aliphatic carbocycles. The van der Waals surface area contributed by atoms with Crippen LogP contribution in [0.15, 0.2) is 55.2 Å². The summed E-state index contributed by atoms with van der Waals surface area (Å²) in [5, 5.41) is 2.80. The lowest BCUT2D eigenvalue weighted by molar-refractivity contribution is -0.119. The van der Waals surface area contributed by atoms with Crippen LogP contribution in [-0.4, -0.2) is 38.5 Å². The molecule has 1 saturated heterocycles. The van der Waals surface area contributed by atoms with Gasteiger partial charge in [0.15, 0.2) is 0 Å². The summed E-state index contributed by atoms with van der Waals surface area (Å²) < 4.78 is 2.24. The summed E-state index contributed by atoms with van der Waals surface area (Å²) in [5.74, 6) is 2.58. The average Bonchev–Trinajstić information content (AvgIpc) is 3.21. The van der Waals surface area contributed by atoms with Gasteiger partial charge in [-0.1, -0.05) is 12.1 Å². The zero-order valence-corrected chi connectivity index (χ0v) is 16.7. The molecule has 0 unspecified atom stereocenters. The van der Waals surface area contributed by atoms with E-state index in [1.54, 1.807) is 6.20 Å². The van der Waals surface area contributed by atoms with Crippen molar-refractivity contribution in [2.45, 2.75) is 38.8 Å². The van der Waals surface area contributed by atoms with Crippen LogP contribution in [0.25, 0.3) is 0 Å². The predicted molar refractivity (Wildman–Crippen MR) is 112 cm³/mol. The molecule has 0 atom stereocenters. The number of carbonyl (C=O) groups is 1. The number of hydrogen-bond donors (Lipinski definition) is 1. The molecule has 0 spiro atoms. The predicted octanol–water partition coefficient (Wildman–Crippen LogP) is 2.74. The van der Waals surface area contributed by atoms with Crippen LogP contribution < -0.4 is 10.2 Å². The monoisotopic (exact) mass is 390 g/mol. The Kier molecular flexibility index (Phi) is 5.84. The number of amides is 1. The van der Waals surface area contributed by atoms with Crippen molar-refractivity contribution in [3.63, 3.8) is 0 Å². The largest absolute Gasteiger partial charge is 0.357 e. The molecule has 3 aromatic rings. The van der Waals surface area contributed by atoms with Crippen molar-refractivity contribution < 1.29 is 4.79 Å². The molecule has 7 heteroatoms. The lowest BCUT2D eigenvalue weighted by atomic mass is 9.95. The third-order valence-corrected chi connectivity index (χ3v) is 5.36. The van der Waals surface area contributed by atoms with Crippen molar-refractivity contribution >= 4 is 11.7 Å². The molecule has 29 heavy (non-hydrogen) atoms. The van der Waals surface area contributed by atoms with Crippen LogP contribution >= 0.6 is 0 Å². The number of aromatic nitrogens is 4. The van der Waals surface area contributed by atoms with Gasteiger partial charge in [-0.15, -0.1) is 0 Å². The first-order valence-corrected chi connectivity index (χ1v) is 10.0. The van der Waals surface area contributed by atoms with Crippen LogP contribution in [0.3, 0.4) is 0 Å². The maximum atomic E-state index is 11.0. The van der Waals surface area contributed by atoms with Gasteiger partial charge in [0.05, 0.1) is 6.54 Å². The second kappa shape index (κ2) is 8.86. The van der Waals surface area contributed by atoms with Crippen molar-refractivity contribution in [2.75, 3.05) is 18.0 Å². The maximum absolute atomic E-state index is 11.0. The fraction of sp³-hybridized carbons (Fsp3) is 0.364. The number of carbonyl (C=O) groups excluding carboxylic acids is 1. The van der Waals surface area contributed by atoms with Crippen LogP contribution in [0.1, 0.15) is 42.6 Å². The Morgan fingerprint density at radius 1 is 1.10 bits per heavy atom. The zero-order chi connectivity index (χ0) is 20.1. The molecule has 1 fully saturated rings. The summed E-state index contributed by atoms with van der Waals surface area (Å²) in [7, 11) is 0. The Hall–Kier alpha value is -3.22. The van der Waals surface area contributed by atoms with Crippen molar-refractivity contribution in [3.05, 3.63) is 72.2 Å². The van der Waals surface area contributed by atoms with Gasteiger partial charge >= 0.3 is 0 Å². The van der Waals surface area contributed by atoms with E-state index >= 15 is 0 Å². The Bertz CT molecular complexity index is 929. The second-order valence-corrected chi connectivity index (χ2v) is 7.47. The Labute approximate surface area is 170 Å². The molecule has 150 valence electrons. The average molecular weight is 390 g/mol. The van der Waals surface area contributed by atoms with Crippen LogP contribution in [0, 0.1) is 0 Å². The highest BCUT2D eigenvalue weighted by Crippen LogP contribution is 2.29. The first-order chi connectivity index (χ1) is 14.2. The van der Waals surface area contributed by atoms with Gasteiger partial charge in [-0.2, -0.15) is 0 Å². The highest BCUT2D eigenvalue weighted by Gasteiger charge is 2.24.